The van der Waals surface area contributed by atoms with Gasteiger partial charge in [0, 0.05) is 28.6 Å². The van der Waals surface area contributed by atoms with E-state index in [0.717, 1.165) is 18.1 Å². The smallest absolute Gasteiger partial charge is 0.303 e. The summed E-state index contributed by atoms with van der Waals surface area (Å²) < 4.78 is 0. The van der Waals surface area contributed by atoms with Crippen LogP contribution in [-0.2, 0) is 4.79 Å². The number of hydrogen-bond donors (Lipinski definition) is 2. The van der Waals surface area contributed by atoms with Gasteiger partial charge in [0.15, 0.2) is 5.78 Å². The summed E-state index contributed by atoms with van der Waals surface area (Å²) in [6.45, 7) is 0. The number of hydrogen-bond acceptors (Lipinski definition) is 5. The van der Waals surface area contributed by atoms with E-state index in [1.807, 2.05) is 39.8 Å². The van der Waals surface area contributed by atoms with Crippen molar-refractivity contribution in [1.29, 1.82) is 0 Å². The van der Waals surface area contributed by atoms with Crippen molar-refractivity contribution in [2.45, 2.75) is 37.4 Å². The minimum atomic E-state index is -0.663. The van der Waals surface area contributed by atoms with Gasteiger partial charge in [0.25, 0.3) is 0 Å². The number of carboxylic acids is 1. The van der Waals surface area contributed by atoms with Crippen LogP contribution < -0.4 is 0 Å². The van der Waals surface area contributed by atoms with Crippen LogP contribution >= 0.6 is 21.6 Å². The molecular weight excluding hydrogens is 380 g/mol. The van der Waals surface area contributed by atoms with E-state index >= 15 is 0 Å². The summed E-state index contributed by atoms with van der Waals surface area (Å²) >= 11 is 0. The Bertz CT molecular complexity index is 711. The Morgan fingerprint density at radius 2 is 1.63 bits per heavy atom. The average Bonchev–Trinajstić information content (AvgIpc) is 3.20. The zero-order valence-corrected chi connectivity index (χ0v) is 16.7. The van der Waals surface area contributed by atoms with E-state index in [1.54, 1.807) is 24.3 Å². The van der Waals surface area contributed by atoms with Gasteiger partial charge in [-0.15, -0.1) is 0 Å². The third kappa shape index (κ3) is 8.10. The van der Waals surface area contributed by atoms with Gasteiger partial charge in [-0.2, -0.15) is 0 Å². The first kappa shape index (κ1) is 21.4. The first-order chi connectivity index (χ1) is 13.1. The normalized spacial score (nSPS) is 15.6. The van der Waals surface area contributed by atoms with Crippen LogP contribution in [0.25, 0.3) is 0 Å². The molecule has 0 radical (unpaired) electrons. The maximum Gasteiger partial charge on any atom is 0.303 e. The fourth-order valence-corrected chi connectivity index (χ4v) is 5.61. The van der Waals surface area contributed by atoms with E-state index in [2.05, 4.69) is 0 Å². The van der Waals surface area contributed by atoms with Gasteiger partial charge in [0.2, 0.25) is 0 Å². The lowest BCUT2D eigenvalue weighted by Crippen LogP contribution is -1.99. The Balaban J connectivity index is 0.000000199. The van der Waals surface area contributed by atoms with E-state index in [0.29, 0.717) is 17.5 Å². The number of phenolic OH excluding ortho intramolecular Hbond substituents is 1. The van der Waals surface area contributed by atoms with Gasteiger partial charge < -0.3 is 10.2 Å². The molecule has 27 heavy (non-hydrogen) atoms. The summed E-state index contributed by atoms with van der Waals surface area (Å²) in [5.74, 6) is 0.743. The number of carboxylic acid groups (broad SMARTS) is 1. The topological polar surface area (TPSA) is 74.6 Å². The zero-order chi connectivity index (χ0) is 19.5. The lowest BCUT2D eigenvalue weighted by molar-refractivity contribution is -0.137. The Hall–Kier alpha value is -1.92. The first-order valence-corrected chi connectivity index (χ1v) is 11.3. The molecule has 0 amide bonds. The molecule has 4 nitrogen and oxygen atoms in total. The van der Waals surface area contributed by atoms with Gasteiger partial charge >= 0.3 is 5.97 Å². The minimum absolute atomic E-state index is 0.0319. The zero-order valence-electron chi connectivity index (χ0n) is 15.0. The van der Waals surface area contributed by atoms with E-state index in [-0.39, 0.29) is 11.5 Å². The molecule has 1 unspecified atom stereocenters. The van der Waals surface area contributed by atoms with Gasteiger partial charge in [0.05, 0.1) is 0 Å². The molecule has 1 aliphatic rings. The Morgan fingerprint density at radius 3 is 2.22 bits per heavy atom. The summed E-state index contributed by atoms with van der Waals surface area (Å²) in [7, 11) is 3.92. The molecule has 2 N–H and O–H groups in total. The Labute approximate surface area is 167 Å². The standard InChI is InChI=1S/C13H10O2.C8H14O2S2/c14-12-8-6-11(7-9-12)13(15)10-4-2-1-3-5-10;9-8(10)4-2-1-3-7-5-6-11-12-7/h1-9,14H;7H,1-6H2,(H,9,10). The predicted molar refractivity (Wildman–Crippen MR) is 113 cm³/mol. The fourth-order valence-electron chi connectivity index (χ4n) is 2.58. The van der Waals surface area contributed by atoms with Gasteiger partial charge in [-0.1, -0.05) is 58.3 Å². The largest absolute Gasteiger partial charge is 0.508 e. The Kier molecular flexibility index (Phi) is 9.28. The van der Waals surface area contributed by atoms with Gasteiger partial charge in [-0.05, 0) is 43.5 Å². The quantitative estimate of drug-likeness (QED) is 0.365. The van der Waals surface area contributed by atoms with Crippen molar-refractivity contribution >= 4 is 33.3 Å². The molecule has 1 heterocycles. The molecule has 2 aromatic carbocycles. The molecule has 1 aliphatic heterocycles. The van der Waals surface area contributed by atoms with Crippen LogP contribution in [0.3, 0.4) is 0 Å². The molecule has 1 fully saturated rings. The van der Waals surface area contributed by atoms with Crippen LogP contribution in [0.1, 0.15) is 48.0 Å². The highest BCUT2D eigenvalue weighted by Gasteiger charge is 2.15. The molecule has 1 saturated heterocycles. The maximum atomic E-state index is 11.9. The molecule has 1 atom stereocenters. The number of ketones is 1. The predicted octanol–water partition coefficient (Wildman–Crippen LogP) is 5.41. The highest BCUT2D eigenvalue weighted by Crippen LogP contribution is 2.39. The summed E-state index contributed by atoms with van der Waals surface area (Å²) in [6.07, 6.45) is 4.76. The molecule has 6 heteroatoms. The minimum Gasteiger partial charge on any atom is -0.508 e. The molecule has 0 saturated carbocycles. The summed E-state index contributed by atoms with van der Waals surface area (Å²) in [5, 5.41) is 18.3. The van der Waals surface area contributed by atoms with Crippen molar-refractivity contribution < 1.29 is 19.8 Å². The molecule has 0 spiro atoms. The molecule has 0 aromatic heterocycles. The SMILES string of the molecule is O=C(O)CCCCC1CCSS1.O=C(c1ccccc1)c1ccc(O)cc1. The molecule has 3 rings (SSSR count). The van der Waals surface area contributed by atoms with Crippen molar-refractivity contribution in [2.75, 3.05) is 5.75 Å². The molecule has 0 aliphatic carbocycles. The molecule has 144 valence electrons. The first-order valence-electron chi connectivity index (χ1n) is 8.95. The number of benzene rings is 2. The lowest BCUT2D eigenvalue weighted by atomic mass is 10.0. The van der Waals surface area contributed by atoms with Gasteiger partial charge in [-0.25, -0.2) is 0 Å². The monoisotopic (exact) mass is 404 g/mol. The van der Waals surface area contributed by atoms with Crippen molar-refractivity contribution in [3.63, 3.8) is 0 Å². The fraction of sp³-hybridized carbons (Fsp3) is 0.333. The molecule has 0 bridgehead atoms. The third-order valence-corrected chi connectivity index (χ3v) is 7.07. The summed E-state index contributed by atoms with van der Waals surface area (Å²) in [5.41, 5.74) is 1.24. The van der Waals surface area contributed by atoms with Crippen LogP contribution in [0.2, 0.25) is 0 Å². The maximum absolute atomic E-state index is 11.9. The average molecular weight is 405 g/mol. The summed E-state index contributed by atoms with van der Waals surface area (Å²) in [4.78, 5) is 22.1. The van der Waals surface area contributed by atoms with Crippen LogP contribution in [0.4, 0.5) is 0 Å². The van der Waals surface area contributed by atoms with Crippen LogP contribution in [0, 0.1) is 0 Å². The van der Waals surface area contributed by atoms with E-state index in [1.165, 1.54) is 30.7 Å². The van der Waals surface area contributed by atoms with Crippen molar-refractivity contribution in [3.05, 3.63) is 65.7 Å². The lowest BCUT2D eigenvalue weighted by Gasteiger charge is -2.04. The highest BCUT2D eigenvalue weighted by molar-refractivity contribution is 8.77. The Morgan fingerprint density at radius 1 is 0.963 bits per heavy atom. The second-order valence-electron chi connectivity index (χ2n) is 6.21. The summed E-state index contributed by atoms with van der Waals surface area (Å²) in [6, 6.07) is 15.3. The number of phenols is 1. The van der Waals surface area contributed by atoms with Gasteiger partial charge in [-0.3, -0.25) is 9.59 Å². The van der Waals surface area contributed by atoms with Crippen LogP contribution in [0.5, 0.6) is 5.75 Å². The van der Waals surface area contributed by atoms with E-state index in [9.17, 15) is 9.59 Å². The number of aliphatic carboxylic acids is 1. The van der Waals surface area contributed by atoms with Crippen LogP contribution in [0.15, 0.2) is 54.6 Å². The number of unbranched alkanes of at least 4 members (excludes halogenated alkanes) is 1. The number of carbonyl (C=O) groups excluding carboxylic acids is 1. The molecular formula is C21H24O4S2. The van der Waals surface area contributed by atoms with E-state index < -0.39 is 5.97 Å². The van der Waals surface area contributed by atoms with E-state index in [4.69, 9.17) is 10.2 Å². The van der Waals surface area contributed by atoms with Crippen molar-refractivity contribution in [3.8, 4) is 5.75 Å². The number of carbonyl (C=O) groups is 2. The second kappa shape index (κ2) is 11.7. The third-order valence-electron chi connectivity index (χ3n) is 4.06. The molecule has 2 aromatic rings. The number of aromatic hydroxyl groups is 1. The van der Waals surface area contributed by atoms with Crippen molar-refractivity contribution in [2.24, 2.45) is 0 Å². The van der Waals surface area contributed by atoms with Crippen LogP contribution in [-0.4, -0.2) is 33.0 Å². The van der Waals surface area contributed by atoms with Gasteiger partial charge in [0.1, 0.15) is 5.75 Å². The highest BCUT2D eigenvalue weighted by atomic mass is 33.1. The second-order valence-corrected chi connectivity index (χ2v) is 9.00. The van der Waals surface area contributed by atoms with Crippen molar-refractivity contribution in [1.82, 2.24) is 0 Å². The number of rotatable bonds is 7.